The number of hydrogen-bond acceptors (Lipinski definition) is 4. The minimum atomic E-state index is -0.838. The van der Waals surface area contributed by atoms with Crippen LogP contribution < -0.4 is 10.2 Å². The third-order valence-electron chi connectivity index (χ3n) is 7.63. The molecule has 0 saturated carbocycles. The maximum atomic E-state index is 13.9. The van der Waals surface area contributed by atoms with E-state index in [4.69, 9.17) is 34.8 Å². The normalized spacial score (nSPS) is 16.5. The molecule has 2 fully saturated rings. The molecule has 0 aliphatic carbocycles. The number of nitrogens with zero attached hydrogens (tertiary/aromatic N) is 3. The lowest BCUT2D eigenvalue weighted by molar-refractivity contribution is -0.137. The largest absolute Gasteiger partial charge is 0.354 e. The first-order valence-corrected chi connectivity index (χ1v) is 14.3. The maximum Gasteiger partial charge on any atom is 0.255 e. The second-order valence-electron chi connectivity index (χ2n) is 10.0. The molecule has 0 bridgehead atoms. The molecule has 5 rings (SSSR count). The molecule has 40 heavy (non-hydrogen) atoms. The summed E-state index contributed by atoms with van der Waals surface area (Å²) in [5.74, 6) is -0.485. The molecule has 10 heteroatoms. The van der Waals surface area contributed by atoms with Crippen LogP contribution in [0.1, 0.15) is 28.8 Å². The van der Waals surface area contributed by atoms with Gasteiger partial charge in [-0.15, -0.1) is 0 Å². The summed E-state index contributed by atoms with van der Waals surface area (Å²) < 4.78 is 0. The van der Waals surface area contributed by atoms with Crippen molar-refractivity contribution in [3.05, 3.63) is 99.0 Å². The number of piperidine rings is 1. The number of carbonyl (C=O) groups is 3. The third-order valence-corrected chi connectivity index (χ3v) is 8.55. The molecule has 0 aromatic heterocycles. The molecule has 3 amide bonds. The summed E-state index contributed by atoms with van der Waals surface area (Å²) in [7, 11) is 0. The number of benzene rings is 3. The minimum absolute atomic E-state index is 0.0550. The smallest absolute Gasteiger partial charge is 0.255 e. The van der Waals surface area contributed by atoms with Crippen LogP contribution >= 0.6 is 34.8 Å². The summed E-state index contributed by atoms with van der Waals surface area (Å²) in [5.41, 5.74) is 1.41. The number of anilines is 1. The molecule has 1 N–H and O–H groups in total. The van der Waals surface area contributed by atoms with Crippen LogP contribution in [0.25, 0.3) is 0 Å². The van der Waals surface area contributed by atoms with Crippen molar-refractivity contribution in [3.8, 4) is 0 Å². The third kappa shape index (κ3) is 5.78. The Balaban J connectivity index is 1.26. The van der Waals surface area contributed by atoms with E-state index in [1.165, 1.54) is 0 Å². The molecule has 2 aliphatic rings. The zero-order valence-electron chi connectivity index (χ0n) is 21.8. The Kier molecular flexibility index (Phi) is 8.54. The van der Waals surface area contributed by atoms with Crippen LogP contribution in [0.2, 0.25) is 15.1 Å². The predicted octanol–water partition coefficient (Wildman–Crippen LogP) is 5.29. The van der Waals surface area contributed by atoms with E-state index in [1.807, 2.05) is 36.4 Å². The Morgan fingerprint density at radius 1 is 0.875 bits per heavy atom. The standard InChI is InChI=1S/C30H29Cl3N4O3/c31-22-11-10-21(26(33)18-22)12-15-34-27(38)19-36-20-37(23-6-2-1-3-7-23)30(29(36)40)13-16-35(17-14-30)28(39)24-8-4-5-9-25(24)32/h1-11,18H,12-17,19-20H2,(H,34,38). The molecule has 0 radical (unpaired) electrons. The van der Waals surface area contributed by atoms with E-state index < -0.39 is 5.54 Å². The molecule has 208 valence electrons. The van der Waals surface area contributed by atoms with E-state index in [0.717, 1.165) is 11.3 Å². The van der Waals surface area contributed by atoms with Crippen LogP contribution in [0, 0.1) is 0 Å². The van der Waals surface area contributed by atoms with E-state index in [9.17, 15) is 14.4 Å². The highest BCUT2D eigenvalue weighted by Gasteiger charge is 2.54. The van der Waals surface area contributed by atoms with E-state index in [1.54, 1.807) is 46.2 Å². The Bertz CT molecular complexity index is 1410. The van der Waals surface area contributed by atoms with Crippen molar-refractivity contribution in [2.75, 3.05) is 37.7 Å². The molecule has 2 heterocycles. The van der Waals surface area contributed by atoms with Gasteiger partial charge in [-0.05, 0) is 61.2 Å². The molecule has 1 spiro atoms. The summed E-state index contributed by atoms with van der Waals surface area (Å²) in [4.78, 5) is 45.4. The highest BCUT2D eigenvalue weighted by atomic mass is 35.5. The molecule has 3 aromatic rings. The quantitative estimate of drug-likeness (QED) is 0.401. The first-order chi connectivity index (χ1) is 19.3. The number of rotatable bonds is 7. The predicted molar refractivity (Wildman–Crippen MR) is 158 cm³/mol. The molecule has 0 atom stereocenters. The molecule has 0 unspecified atom stereocenters. The number of halogens is 3. The highest BCUT2D eigenvalue weighted by Crippen LogP contribution is 2.39. The van der Waals surface area contributed by atoms with Gasteiger partial charge in [0.05, 0.1) is 17.3 Å². The highest BCUT2D eigenvalue weighted by molar-refractivity contribution is 6.35. The van der Waals surface area contributed by atoms with Crippen molar-refractivity contribution in [2.45, 2.75) is 24.8 Å². The number of para-hydroxylation sites is 1. The van der Waals surface area contributed by atoms with Crippen molar-refractivity contribution >= 4 is 58.2 Å². The van der Waals surface area contributed by atoms with Crippen molar-refractivity contribution in [3.63, 3.8) is 0 Å². The zero-order chi connectivity index (χ0) is 28.3. The van der Waals surface area contributed by atoms with Crippen LogP contribution in [0.5, 0.6) is 0 Å². The van der Waals surface area contributed by atoms with E-state index >= 15 is 0 Å². The average molecular weight is 600 g/mol. The second kappa shape index (κ2) is 12.1. The monoisotopic (exact) mass is 598 g/mol. The lowest BCUT2D eigenvalue weighted by Gasteiger charge is -2.43. The number of likely N-dealkylation sites (tertiary alicyclic amines) is 1. The number of amides is 3. The number of carbonyl (C=O) groups excluding carboxylic acids is 3. The van der Waals surface area contributed by atoms with Crippen LogP contribution in [-0.4, -0.2) is 65.9 Å². The second-order valence-corrected chi connectivity index (χ2v) is 11.3. The van der Waals surface area contributed by atoms with Crippen molar-refractivity contribution in [2.24, 2.45) is 0 Å². The number of hydrogen-bond donors (Lipinski definition) is 1. The molecule has 7 nitrogen and oxygen atoms in total. The van der Waals surface area contributed by atoms with E-state index in [0.29, 0.717) is 59.5 Å². The van der Waals surface area contributed by atoms with Crippen LogP contribution in [0.15, 0.2) is 72.8 Å². The Hall–Kier alpha value is -3.26. The van der Waals surface area contributed by atoms with Crippen molar-refractivity contribution < 1.29 is 14.4 Å². The van der Waals surface area contributed by atoms with Gasteiger partial charge in [-0.1, -0.05) is 71.2 Å². The summed E-state index contributed by atoms with van der Waals surface area (Å²) >= 11 is 18.5. The Morgan fingerprint density at radius 2 is 1.57 bits per heavy atom. The SMILES string of the molecule is O=C(CN1CN(c2ccccc2)C2(CCN(C(=O)c3ccccc3Cl)CC2)C1=O)NCCc1ccc(Cl)cc1Cl. The van der Waals surface area contributed by atoms with Gasteiger partial charge in [-0.25, -0.2) is 0 Å². The summed E-state index contributed by atoms with van der Waals surface area (Å²) in [6.45, 7) is 1.43. The van der Waals surface area contributed by atoms with Crippen LogP contribution in [0.3, 0.4) is 0 Å². The van der Waals surface area contributed by atoms with Gasteiger partial charge < -0.3 is 20.0 Å². The van der Waals surface area contributed by atoms with Crippen molar-refractivity contribution in [1.82, 2.24) is 15.1 Å². The van der Waals surface area contributed by atoms with E-state index in [-0.39, 0.29) is 30.9 Å². The lowest BCUT2D eigenvalue weighted by Crippen LogP contribution is -2.57. The van der Waals surface area contributed by atoms with Crippen LogP contribution in [-0.2, 0) is 16.0 Å². The average Bonchev–Trinajstić information content (AvgIpc) is 3.21. The fourth-order valence-electron chi connectivity index (χ4n) is 5.50. The maximum absolute atomic E-state index is 13.9. The Morgan fingerprint density at radius 3 is 2.27 bits per heavy atom. The van der Waals surface area contributed by atoms with Gasteiger partial charge >= 0.3 is 0 Å². The molecule has 3 aromatic carbocycles. The molecular weight excluding hydrogens is 571 g/mol. The van der Waals surface area contributed by atoms with Gasteiger partial charge in [0.25, 0.3) is 11.8 Å². The molecular formula is C30H29Cl3N4O3. The fraction of sp³-hybridized carbons (Fsp3) is 0.300. The number of nitrogens with one attached hydrogen (secondary N) is 1. The first-order valence-electron chi connectivity index (χ1n) is 13.1. The summed E-state index contributed by atoms with van der Waals surface area (Å²) in [6, 6.07) is 22.0. The topological polar surface area (TPSA) is 73.0 Å². The zero-order valence-corrected chi connectivity index (χ0v) is 24.1. The minimum Gasteiger partial charge on any atom is -0.354 e. The van der Waals surface area contributed by atoms with E-state index in [2.05, 4.69) is 10.2 Å². The van der Waals surface area contributed by atoms with Gasteiger partial charge in [0.1, 0.15) is 12.1 Å². The summed E-state index contributed by atoms with van der Waals surface area (Å²) in [6.07, 6.45) is 1.44. The molecule has 2 saturated heterocycles. The lowest BCUT2D eigenvalue weighted by atomic mass is 9.85. The van der Waals surface area contributed by atoms with Crippen molar-refractivity contribution in [1.29, 1.82) is 0 Å². The fourth-order valence-corrected chi connectivity index (χ4v) is 6.22. The van der Waals surface area contributed by atoms with Gasteiger partial charge in [0.2, 0.25) is 5.91 Å². The molecule has 2 aliphatic heterocycles. The van der Waals surface area contributed by atoms with Gasteiger partial charge in [-0.2, -0.15) is 0 Å². The van der Waals surface area contributed by atoms with Gasteiger partial charge in [0.15, 0.2) is 0 Å². The summed E-state index contributed by atoms with van der Waals surface area (Å²) in [5, 5.41) is 4.42. The van der Waals surface area contributed by atoms with Gasteiger partial charge in [0, 0.05) is 35.4 Å². The first kappa shape index (κ1) is 28.3. The van der Waals surface area contributed by atoms with Crippen LogP contribution in [0.4, 0.5) is 5.69 Å². The van der Waals surface area contributed by atoms with Gasteiger partial charge in [-0.3, -0.25) is 14.4 Å². The Labute approximate surface area is 248 Å².